The van der Waals surface area contributed by atoms with Gasteiger partial charge < -0.3 is 10.1 Å². The number of likely N-dealkylation sites (N-methyl/N-ethyl adjacent to an activating group) is 1. The zero-order valence-corrected chi connectivity index (χ0v) is 12.2. The number of halogens is 1. The van der Waals surface area contributed by atoms with Crippen molar-refractivity contribution in [2.75, 3.05) is 18.9 Å². The van der Waals surface area contributed by atoms with Crippen LogP contribution in [0, 0.1) is 0 Å². The largest absolute Gasteiger partial charge is 0.465 e. The molecule has 1 N–H and O–H groups in total. The number of carbonyl (C=O) groups excluding carboxylic acids is 1. The Morgan fingerprint density at radius 2 is 2.17 bits per heavy atom. The fourth-order valence-corrected chi connectivity index (χ4v) is 2.71. The lowest BCUT2D eigenvalue weighted by molar-refractivity contribution is -0.144. The molecule has 0 saturated carbocycles. The van der Waals surface area contributed by atoms with Crippen molar-refractivity contribution in [3.05, 3.63) is 29.3 Å². The number of benzene rings is 1. The van der Waals surface area contributed by atoms with Gasteiger partial charge in [-0.25, -0.2) is 0 Å². The second-order valence-corrected chi connectivity index (χ2v) is 5.07. The van der Waals surface area contributed by atoms with Gasteiger partial charge in [0.15, 0.2) is 0 Å². The SMILES string of the molecule is CCNC(CSc1ccccc1Cl)C(=O)OCC. The monoisotopic (exact) mass is 287 g/mol. The molecule has 0 aliphatic carbocycles. The average Bonchev–Trinajstić information content (AvgIpc) is 2.36. The highest BCUT2D eigenvalue weighted by atomic mass is 35.5. The van der Waals surface area contributed by atoms with E-state index in [4.69, 9.17) is 16.3 Å². The number of hydrogen-bond acceptors (Lipinski definition) is 4. The standard InChI is InChI=1S/C13H18ClNO2S/c1-3-15-11(13(16)17-4-2)9-18-12-8-6-5-7-10(12)14/h5-8,11,15H,3-4,9H2,1-2H3. The van der Waals surface area contributed by atoms with Crippen LogP contribution in [0.25, 0.3) is 0 Å². The summed E-state index contributed by atoms with van der Waals surface area (Å²) in [4.78, 5) is 12.7. The zero-order valence-electron chi connectivity index (χ0n) is 10.6. The Kier molecular flexibility index (Phi) is 7.16. The van der Waals surface area contributed by atoms with Gasteiger partial charge in [0.25, 0.3) is 0 Å². The van der Waals surface area contributed by atoms with Crippen molar-refractivity contribution in [2.45, 2.75) is 24.8 Å². The minimum Gasteiger partial charge on any atom is -0.465 e. The predicted octanol–water partition coefficient (Wildman–Crippen LogP) is 2.97. The van der Waals surface area contributed by atoms with E-state index in [1.54, 1.807) is 11.8 Å². The molecule has 1 aromatic carbocycles. The van der Waals surface area contributed by atoms with Gasteiger partial charge in [-0.1, -0.05) is 30.7 Å². The number of nitrogens with one attached hydrogen (secondary N) is 1. The molecule has 3 nitrogen and oxygen atoms in total. The second kappa shape index (κ2) is 8.40. The molecule has 0 aliphatic rings. The molecular formula is C13H18ClNO2S. The van der Waals surface area contributed by atoms with Gasteiger partial charge in [-0.15, -0.1) is 11.8 Å². The molecule has 0 amide bonds. The Labute approximate surface area is 117 Å². The van der Waals surface area contributed by atoms with E-state index >= 15 is 0 Å². The summed E-state index contributed by atoms with van der Waals surface area (Å²) in [6.45, 7) is 4.90. The van der Waals surface area contributed by atoms with Crippen LogP contribution in [0.15, 0.2) is 29.2 Å². The van der Waals surface area contributed by atoms with Crippen LogP contribution in [0.3, 0.4) is 0 Å². The van der Waals surface area contributed by atoms with Crippen LogP contribution >= 0.6 is 23.4 Å². The Bertz CT molecular complexity index is 387. The highest BCUT2D eigenvalue weighted by molar-refractivity contribution is 7.99. The van der Waals surface area contributed by atoms with Crippen molar-refractivity contribution in [3.63, 3.8) is 0 Å². The Balaban J connectivity index is 2.57. The second-order valence-electron chi connectivity index (χ2n) is 3.60. The third-order valence-electron chi connectivity index (χ3n) is 2.26. The molecule has 0 saturated heterocycles. The maximum absolute atomic E-state index is 11.7. The minimum atomic E-state index is -0.295. The van der Waals surface area contributed by atoms with E-state index in [0.29, 0.717) is 17.4 Å². The maximum Gasteiger partial charge on any atom is 0.323 e. The van der Waals surface area contributed by atoms with Gasteiger partial charge in [0, 0.05) is 10.6 Å². The third kappa shape index (κ3) is 4.88. The lowest BCUT2D eigenvalue weighted by atomic mass is 10.3. The molecular weight excluding hydrogens is 270 g/mol. The predicted molar refractivity (Wildman–Crippen MR) is 76.3 cm³/mol. The first-order valence-corrected chi connectivity index (χ1v) is 7.32. The molecule has 1 rings (SSSR count). The summed E-state index contributed by atoms with van der Waals surface area (Å²) in [6, 6.07) is 7.31. The molecule has 5 heteroatoms. The van der Waals surface area contributed by atoms with Crippen molar-refractivity contribution in [1.82, 2.24) is 5.32 Å². The first-order chi connectivity index (χ1) is 8.69. The highest BCUT2D eigenvalue weighted by Crippen LogP contribution is 2.27. The fraction of sp³-hybridized carbons (Fsp3) is 0.462. The molecule has 0 bridgehead atoms. The van der Waals surface area contributed by atoms with E-state index < -0.39 is 0 Å². The number of thioether (sulfide) groups is 1. The molecule has 18 heavy (non-hydrogen) atoms. The average molecular weight is 288 g/mol. The number of ether oxygens (including phenoxy) is 1. The smallest absolute Gasteiger partial charge is 0.323 e. The van der Waals surface area contributed by atoms with Crippen LogP contribution in [0.2, 0.25) is 5.02 Å². The minimum absolute atomic E-state index is 0.209. The Hall–Kier alpha value is -0.710. The fourth-order valence-electron chi connectivity index (χ4n) is 1.43. The van der Waals surface area contributed by atoms with E-state index in [1.807, 2.05) is 38.1 Å². The van der Waals surface area contributed by atoms with Gasteiger partial charge >= 0.3 is 5.97 Å². The van der Waals surface area contributed by atoms with Gasteiger partial charge in [-0.3, -0.25) is 4.79 Å². The van der Waals surface area contributed by atoms with E-state index in [1.165, 1.54) is 0 Å². The van der Waals surface area contributed by atoms with Gasteiger partial charge in [0.2, 0.25) is 0 Å². The van der Waals surface area contributed by atoms with E-state index in [9.17, 15) is 4.79 Å². The molecule has 0 fully saturated rings. The summed E-state index contributed by atoms with van der Waals surface area (Å²) in [7, 11) is 0. The number of hydrogen-bond donors (Lipinski definition) is 1. The first-order valence-electron chi connectivity index (χ1n) is 5.96. The van der Waals surface area contributed by atoms with Crippen molar-refractivity contribution < 1.29 is 9.53 Å². The zero-order chi connectivity index (χ0) is 13.4. The van der Waals surface area contributed by atoms with Crippen molar-refractivity contribution in [3.8, 4) is 0 Å². The van der Waals surface area contributed by atoms with Crippen molar-refractivity contribution in [1.29, 1.82) is 0 Å². The maximum atomic E-state index is 11.7. The lowest BCUT2D eigenvalue weighted by Gasteiger charge is -2.16. The van der Waals surface area contributed by atoms with Crippen LogP contribution in [0.4, 0.5) is 0 Å². The summed E-state index contributed by atoms with van der Waals surface area (Å²) in [5, 5.41) is 3.83. The first kappa shape index (κ1) is 15.3. The van der Waals surface area contributed by atoms with Gasteiger partial charge in [-0.2, -0.15) is 0 Å². The van der Waals surface area contributed by atoms with Gasteiger partial charge in [0.1, 0.15) is 6.04 Å². The summed E-state index contributed by atoms with van der Waals surface area (Å²) in [5.74, 6) is 0.398. The van der Waals surface area contributed by atoms with Crippen molar-refractivity contribution in [2.24, 2.45) is 0 Å². The molecule has 1 aromatic rings. The van der Waals surface area contributed by atoms with Crippen LogP contribution in [-0.4, -0.2) is 30.9 Å². The number of esters is 1. The molecule has 1 unspecified atom stereocenters. The molecule has 100 valence electrons. The van der Waals surface area contributed by atoms with Crippen LogP contribution in [0.1, 0.15) is 13.8 Å². The van der Waals surface area contributed by atoms with Crippen LogP contribution in [0.5, 0.6) is 0 Å². The highest BCUT2D eigenvalue weighted by Gasteiger charge is 2.19. The van der Waals surface area contributed by atoms with Crippen LogP contribution in [-0.2, 0) is 9.53 Å². The topological polar surface area (TPSA) is 38.3 Å². The molecule has 0 aliphatic heterocycles. The molecule has 1 atom stereocenters. The van der Waals surface area contributed by atoms with Gasteiger partial charge in [0.05, 0.1) is 11.6 Å². The molecule has 0 aromatic heterocycles. The summed E-state index contributed by atoms with van der Waals surface area (Å²) < 4.78 is 5.03. The Morgan fingerprint density at radius 3 is 2.78 bits per heavy atom. The quantitative estimate of drug-likeness (QED) is 0.618. The van der Waals surface area contributed by atoms with Gasteiger partial charge in [-0.05, 0) is 25.6 Å². The summed E-state index contributed by atoms with van der Waals surface area (Å²) in [5.41, 5.74) is 0. The van der Waals surface area contributed by atoms with E-state index in [0.717, 1.165) is 11.4 Å². The number of carbonyl (C=O) groups is 1. The Morgan fingerprint density at radius 1 is 1.44 bits per heavy atom. The van der Waals surface area contributed by atoms with E-state index in [-0.39, 0.29) is 12.0 Å². The molecule has 0 heterocycles. The number of rotatable bonds is 7. The van der Waals surface area contributed by atoms with Crippen molar-refractivity contribution >= 4 is 29.3 Å². The normalized spacial score (nSPS) is 12.2. The third-order valence-corrected chi connectivity index (χ3v) is 3.87. The lowest BCUT2D eigenvalue weighted by Crippen LogP contribution is -2.40. The summed E-state index contributed by atoms with van der Waals surface area (Å²) >= 11 is 7.62. The van der Waals surface area contributed by atoms with Crippen LogP contribution < -0.4 is 5.32 Å². The summed E-state index contributed by atoms with van der Waals surface area (Å²) in [6.07, 6.45) is 0. The molecule has 0 radical (unpaired) electrons. The van der Waals surface area contributed by atoms with E-state index in [2.05, 4.69) is 5.32 Å². The molecule has 0 spiro atoms.